The molecule has 0 aromatic heterocycles. The molecule has 0 aliphatic carbocycles. The van der Waals surface area contributed by atoms with Crippen molar-refractivity contribution in [3.05, 3.63) is 70.2 Å². The average Bonchev–Trinajstić information content (AvgIpc) is 2.55. The van der Waals surface area contributed by atoms with Gasteiger partial charge in [-0.05, 0) is 36.8 Å². The highest BCUT2D eigenvalue weighted by atomic mass is 35.5. The summed E-state index contributed by atoms with van der Waals surface area (Å²) in [5.41, 5.74) is 2.70. The quantitative estimate of drug-likeness (QED) is 0.860. The third-order valence-corrected chi connectivity index (χ3v) is 5.36. The van der Waals surface area contributed by atoms with Crippen molar-refractivity contribution in [2.75, 3.05) is 5.75 Å². The minimum Gasteiger partial charge on any atom is -0.347 e. The van der Waals surface area contributed by atoms with Crippen LogP contribution in [0.25, 0.3) is 0 Å². The lowest BCUT2D eigenvalue weighted by Crippen LogP contribution is -2.44. The molecule has 2 aromatic rings. The first-order valence-electron chi connectivity index (χ1n) is 7.32. The van der Waals surface area contributed by atoms with Crippen LogP contribution in [0, 0.1) is 6.92 Å². The third kappa shape index (κ3) is 3.59. The van der Waals surface area contributed by atoms with Gasteiger partial charge in [-0.1, -0.05) is 41.4 Å². The van der Waals surface area contributed by atoms with Crippen molar-refractivity contribution in [3.63, 3.8) is 0 Å². The summed E-state index contributed by atoms with van der Waals surface area (Å²) in [6.07, 6.45) is 0. The van der Waals surface area contributed by atoms with Crippen LogP contribution < -0.4 is 5.32 Å². The zero-order chi connectivity index (χ0) is 16.4. The predicted molar refractivity (Wildman–Crippen MR) is 94.1 cm³/mol. The molecule has 1 fully saturated rings. The lowest BCUT2D eigenvalue weighted by molar-refractivity contribution is -0.119. The molecule has 1 aliphatic heterocycles. The van der Waals surface area contributed by atoms with Gasteiger partial charge in [0.05, 0.1) is 17.0 Å². The summed E-state index contributed by atoms with van der Waals surface area (Å²) in [5, 5.41) is 3.22. The number of nitrogens with one attached hydrogen (secondary N) is 1. The van der Waals surface area contributed by atoms with E-state index in [1.54, 1.807) is 24.3 Å². The van der Waals surface area contributed by atoms with Crippen LogP contribution in [-0.4, -0.2) is 22.7 Å². The number of amides is 1. The van der Waals surface area contributed by atoms with E-state index in [-0.39, 0.29) is 23.0 Å². The second-order valence-electron chi connectivity index (χ2n) is 5.56. The first-order valence-corrected chi connectivity index (χ1v) is 8.74. The first-order chi connectivity index (χ1) is 11.0. The van der Waals surface area contributed by atoms with Crippen molar-refractivity contribution in [2.24, 2.45) is 0 Å². The van der Waals surface area contributed by atoms with Crippen molar-refractivity contribution in [2.45, 2.75) is 18.2 Å². The van der Waals surface area contributed by atoms with Crippen LogP contribution in [0.5, 0.6) is 0 Å². The summed E-state index contributed by atoms with van der Waals surface area (Å²) in [4.78, 5) is 24.7. The SMILES string of the molecule is Cc1ccc([C@H]2NC(=O)CS[C@@H]2C(=O)c2ccc(Cl)cc2)cc1. The highest BCUT2D eigenvalue weighted by molar-refractivity contribution is 8.01. The zero-order valence-electron chi connectivity index (χ0n) is 12.6. The summed E-state index contributed by atoms with van der Waals surface area (Å²) in [5.74, 6) is 0.268. The van der Waals surface area contributed by atoms with Crippen molar-refractivity contribution < 1.29 is 9.59 Å². The van der Waals surface area contributed by atoms with Crippen molar-refractivity contribution in [1.29, 1.82) is 0 Å². The molecule has 118 valence electrons. The molecule has 1 saturated heterocycles. The molecule has 0 bridgehead atoms. The molecule has 0 saturated carbocycles. The largest absolute Gasteiger partial charge is 0.347 e. The topological polar surface area (TPSA) is 46.2 Å². The summed E-state index contributed by atoms with van der Waals surface area (Å²) in [7, 11) is 0. The fraction of sp³-hybridized carbons (Fsp3) is 0.222. The molecular formula is C18H16ClNO2S. The Bertz CT molecular complexity index is 728. The maximum Gasteiger partial charge on any atom is 0.230 e. The molecule has 1 aliphatic rings. The minimum atomic E-state index is -0.336. The number of hydrogen-bond donors (Lipinski definition) is 1. The van der Waals surface area contributed by atoms with Crippen LogP contribution in [0.1, 0.15) is 27.5 Å². The highest BCUT2D eigenvalue weighted by Crippen LogP contribution is 2.33. The van der Waals surface area contributed by atoms with Gasteiger partial charge in [-0.15, -0.1) is 11.8 Å². The molecule has 3 nitrogen and oxygen atoms in total. The van der Waals surface area contributed by atoms with Gasteiger partial charge in [0.25, 0.3) is 0 Å². The lowest BCUT2D eigenvalue weighted by Gasteiger charge is -2.31. The standard InChI is InChI=1S/C18H16ClNO2S/c1-11-2-4-12(5-3-11)16-18(23-10-15(21)20-16)17(22)13-6-8-14(19)9-7-13/h2-9,16,18H,10H2,1H3,(H,20,21)/t16-,18+/m1/s1. The lowest BCUT2D eigenvalue weighted by atomic mass is 9.96. The Hall–Kier alpha value is -1.78. The minimum absolute atomic E-state index is 0.0113. The van der Waals surface area contributed by atoms with Gasteiger partial charge in [-0.3, -0.25) is 9.59 Å². The van der Waals surface area contributed by atoms with Gasteiger partial charge in [0.2, 0.25) is 5.91 Å². The number of halogens is 1. The van der Waals surface area contributed by atoms with E-state index in [1.165, 1.54) is 11.8 Å². The Labute approximate surface area is 144 Å². The Balaban J connectivity index is 1.91. The molecule has 0 unspecified atom stereocenters. The van der Waals surface area contributed by atoms with Gasteiger partial charge >= 0.3 is 0 Å². The summed E-state index contributed by atoms with van der Waals surface area (Å²) in [6, 6.07) is 14.5. The van der Waals surface area contributed by atoms with Crippen LogP contribution in [0.15, 0.2) is 48.5 Å². The molecule has 5 heteroatoms. The molecule has 1 N–H and O–H groups in total. The predicted octanol–water partition coefficient (Wildman–Crippen LogP) is 3.80. The number of rotatable bonds is 3. The summed E-state index contributed by atoms with van der Waals surface area (Å²) >= 11 is 7.28. The molecule has 0 spiro atoms. The Morgan fingerprint density at radius 2 is 1.78 bits per heavy atom. The van der Waals surface area contributed by atoms with E-state index in [9.17, 15) is 9.59 Å². The molecule has 0 radical (unpaired) electrons. The van der Waals surface area contributed by atoms with Crippen molar-refractivity contribution in [1.82, 2.24) is 5.32 Å². The van der Waals surface area contributed by atoms with E-state index in [2.05, 4.69) is 5.32 Å². The van der Waals surface area contributed by atoms with Gasteiger partial charge in [-0.25, -0.2) is 0 Å². The summed E-state index contributed by atoms with van der Waals surface area (Å²) in [6.45, 7) is 2.01. The monoisotopic (exact) mass is 345 g/mol. The zero-order valence-corrected chi connectivity index (χ0v) is 14.2. The van der Waals surface area contributed by atoms with Crippen LogP contribution in [-0.2, 0) is 4.79 Å². The van der Waals surface area contributed by atoms with E-state index < -0.39 is 0 Å². The third-order valence-electron chi connectivity index (χ3n) is 3.84. The van der Waals surface area contributed by atoms with Crippen molar-refractivity contribution in [3.8, 4) is 0 Å². The first kappa shape index (κ1) is 16.1. The second kappa shape index (κ2) is 6.77. The number of Topliss-reactive ketones (excluding diaryl/α,β-unsaturated/α-hetero) is 1. The van der Waals surface area contributed by atoms with E-state index in [0.717, 1.165) is 11.1 Å². The Morgan fingerprint density at radius 3 is 2.43 bits per heavy atom. The molecule has 2 atom stereocenters. The van der Waals surface area contributed by atoms with Crippen molar-refractivity contribution >= 4 is 35.1 Å². The number of carbonyl (C=O) groups excluding carboxylic acids is 2. The molecular weight excluding hydrogens is 330 g/mol. The maximum atomic E-state index is 12.9. The van der Waals surface area contributed by atoms with Gasteiger partial charge in [0.15, 0.2) is 5.78 Å². The number of benzene rings is 2. The number of aryl methyl sites for hydroxylation is 1. The molecule has 3 rings (SSSR count). The van der Waals surface area contributed by atoms with Crippen LogP contribution >= 0.6 is 23.4 Å². The van der Waals surface area contributed by atoms with E-state index in [1.807, 2.05) is 31.2 Å². The fourth-order valence-electron chi connectivity index (χ4n) is 2.59. The van der Waals surface area contributed by atoms with E-state index in [4.69, 9.17) is 11.6 Å². The number of thioether (sulfide) groups is 1. The number of carbonyl (C=O) groups is 2. The number of hydrogen-bond acceptors (Lipinski definition) is 3. The van der Waals surface area contributed by atoms with Crippen LogP contribution in [0.2, 0.25) is 5.02 Å². The van der Waals surface area contributed by atoms with Gasteiger partial charge in [-0.2, -0.15) is 0 Å². The molecule has 23 heavy (non-hydrogen) atoms. The van der Waals surface area contributed by atoms with E-state index in [0.29, 0.717) is 16.3 Å². The second-order valence-corrected chi connectivity index (χ2v) is 7.12. The van der Waals surface area contributed by atoms with Crippen LogP contribution in [0.3, 0.4) is 0 Å². The smallest absolute Gasteiger partial charge is 0.230 e. The molecule has 2 aromatic carbocycles. The molecule has 1 heterocycles. The normalized spacial score (nSPS) is 20.9. The number of ketones is 1. The maximum absolute atomic E-state index is 12.9. The van der Waals surface area contributed by atoms with Gasteiger partial charge < -0.3 is 5.32 Å². The molecule has 1 amide bonds. The Kier molecular flexibility index (Phi) is 4.74. The van der Waals surface area contributed by atoms with Crippen LogP contribution in [0.4, 0.5) is 0 Å². The highest BCUT2D eigenvalue weighted by Gasteiger charge is 2.35. The van der Waals surface area contributed by atoms with Gasteiger partial charge in [0, 0.05) is 10.6 Å². The summed E-state index contributed by atoms with van der Waals surface area (Å²) < 4.78 is 0. The average molecular weight is 346 g/mol. The fourth-order valence-corrected chi connectivity index (χ4v) is 3.84. The van der Waals surface area contributed by atoms with E-state index >= 15 is 0 Å². The Morgan fingerprint density at radius 1 is 1.13 bits per heavy atom. The van der Waals surface area contributed by atoms with Gasteiger partial charge in [0.1, 0.15) is 0 Å².